The first-order valence-electron chi connectivity index (χ1n) is 12.8. The Kier molecular flexibility index (Phi) is 12.8. The molecule has 8 heteroatoms. The van der Waals surface area contributed by atoms with Crippen molar-refractivity contribution < 1.29 is 4.39 Å². The minimum atomic E-state index is -0.390. The van der Waals surface area contributed by atoms with Crippen molar-refractivity contribution in [3.8, 4) is 0 Å². The van der Waals surface area contributed by atoms with E-state index in [1.807, 2.05) is 31.7 Å². The van der Waals surface area contributed by atoms with Crippen LogP contribution in [0.4, 0.5) is 21.6 Å². The molecule has 37 heavy (non-hydrogen) atoms. The number of anilines is 3. The molecule has 1 aromatic heterocycles. The Balaban J connectivity index is 0.000000752. The normalized spacial score (nSPS) is 15.4. The molecule has 1 aromatic carbocycles. The summed E-state index contributed by atoms with van der Waals surface area (Å²) in [6.07, 6.45) is 5.46. The minimum absolute atomic E-state index is 0.0893. The highest BCUT2D eigenvalue weighted by molar-refractivity contribution is 5.82. The van der Waals surface area contributed by atoms with Crippen LogP contribution in [0.5, 0.6) is 0 Å². The largest absolute Gasteiger partial charge is 0.342 e. The Morgan fingerprint density at radius 1 is 1.24 bits per heavy atom. The fourth-order valence-electron chi connectivity index (χ4n) is 4.06. The van der Waals surface area contributed by atoms with Crippen molar-refractivity contribution in [3.05, 3.63) is 70.4 Å². The van der Waals surface area contributed by atoms with E-state index in [-0.39, 0.29) is 23.3 Å². The molecular weight excluding hydrogens is 467 g/mol. The van der Waals surface area contributed by atoms with Crippen LogP contribution in [0.15, 0.2) is 47.5 Å². The van der Waals surface area contributed by atoms with E-state index in [1.54, 1.807) is 32.3 Å². The molecule has 0 amide bonds. The summed E-state index contributed by atoms with van der Waals surface area (Å²) in [4.78, 5) is 17.1. The smallest absolute Gasteiger partial charge is 0.256 e. The first-order valence-corrected chi connectivity index (χ1v) is 12.8. The van der Waals surface area contributed by atoms with Crippen molar-refractivity contribution in [1.29, 1.82) is 0 Å². The average Bonchev–Trinajstić information content (AvgIpc) is 3.63. The molecule has 0 spiro atoms. The van der Waals surface area contributed by atoms with E-state index in [2.05, 4.69) is 61.6 Å². The molecule has 3 rings (SSSR count). The molecule has 0 aliphatic heterocycles. The molecule has 7 nitrogen and oxygen atoms in total. The van der Waals surface area contributed by atoms with Gasteiger partial charge in [-0.05, 0) is 71.2 Å². The highest BCUT2D eigenvalue weighted by atomic mass is 19.1. The second-order valence-corrected chi connectivity index (χ2v) is 9.00. The molecule has 204 valence electrons. The van der Waals surface area contributed by atoms with Gasteiger partial charge >= 0.3 is 0 Å². The third-order valence-corrected chi connectivity index (χ3v) is 5.90. The Morgan fingerprint density at radius 2 is 1.89 bits per heavy atom. The molecule has 1 fully saturated rings. The maximum atomic E-state index is 14.5. The quantitative estimate of drug-likeness (QED) is 0.311. The zero-order valence-electron chi connectivity index (χ0n) is 23.9. The summed E-state index contributed by atoms with van der Waals surface area (Å²) >= 11 is 0. The van der Waals surface area contributed by atoms with Gasteiger partial charge in [-0.3, -0.25) is 9.36 Å². The summed E-state index contributed by atoms with van der Waals surface area (Å²) < 4.78 is 15.9. The number of aryl methyl sites for hydroxylation is 1. The number of nitrogens with one attached hydrogen (secondary N) is 2. The zero-order chi connectivity index (χ0) is 28.3. The summed E-state index contributed by atoms with van der Waals surface area (Å²) in [6.45, 7) is 22.3. The van der Waals surface area contributed by atoms with Gasteiger partial charge in [0.25, 0.3) is 5.56 Å². The van der Waals surface area contributed by atoms with Crippen LogP contribution in [0.1, 0.15) is 50.3 Å². The molecule has 2 aromatic rings. The van der Waals surface area contributed by atoms with E-state index in [9.17, 15) is 9.18 Å². The van der Waals surface area contributed by atoms with Gasteiger partial charge in [-0.15, -0.1) is 0 Å². The number of nitrogens with zero attached hydrogens (tertiary/aromatic N) is 4. The fourth-order valence-corrected chi connectivity index (χ4v) is 4.06. The minimum Gasteiger partial charge on any atom is -0.342 e. The summed E-state index contributed by atoms with van der Waals surface area (Å²) in [5.41, 5.74) is 5.84. The number of aromatic nitrogens is 1. The number of rotatable bonds is 10. The molecule has 1 aliphatic carbocycles. The first-order chi connectivity index (χ1) is 17.6. The van der Waals surface area contributed by atoms with Gasteiger partial charge in [0.2, 0.25) is 0 Å². The van der Waals surface area contributed by atoms with Crippen molar-refractivity contribution in [3.63, 3.8) is 0 Å². The zero-order valence-corrected chi connectivity index (χ0v) is 23.9. The van der Waals surface area contributed by atoms with Crippen LogP contribution in [-0.4, -0.2) is 48.9 Å². The number of hydrogen-bond acceptors (Lipinski definition) is 6. The van der Waals surface area contributed by atoms with E-state index < -0.39 is 5.82 Å². The third kappa shape index (κ3) is 8.05. The Labute approximate surface area is 222 Å². The number of halogens is 1. The number of hydrazone groups is 1. The summed E-state index contributed by atoms with van der Waals surface area (Å²) in [5, 5.41) is 6.83. The molecule has 0 bridgehead atoms. The Hall–Kier alpha value is -3.39. The molecular formula is C29H45FN6O. The Morgan fingerprint density at radius 3 is 2.35 bits per heavy atom. The van der Waals surface area contributed by atoms with Crippen LogP contribution in [0.3, 0.4) is 0 Å². The lowest BCUT2D eigenvalue weighted by Gasteiger charge is -2.27. The SMILES string of the molecule is C=Cc1c(N(C=C)C2CC2NN=C)c(C)c(=O)n(C)c1Nc1ccc(C)cc1F.CC.CCCN(C)C. The highest BCUT2D eigenvalue weighted by Gasteiger charge is 2.42. The van der Waals surface area contributed by atoms with Gasteiger partial charge in [-0.25, -0.2) is 4.39 Å². The van der Waals surface area contributed by atoms with Crippen LogP contribution in [0.25, 0.3) is 6.08 Å². The molecule has 2 atom stereocenters. The lowest BCUT2D eigenvalue weighted by Crippen LogP contribution is -2.32. The van der Waals surface area contributed by atoms with Gasteiger partial charge in [0.05, 0.1) is 23.5 Å². The maximum Gasteiger partial charge on any atom is 0.256 e. The van der Waals surface area contributed by atoms with E-state index in [1.165, 1.54) is 23.6 Å². The Bertz CT molecular complexity index is 1120. The van der Waals surface area contributed by atoms with Gasteiger partial charge in [-0.2, -0.15) is 5.10 Å². The molecule has 0 saturated heterocycles. The van der Waals surface area contributed by atoms with Crippen LogP contribution < -0.4 is 21.2 Å². The van der Waals surface area contributed by atoms with Gasteiger partial charge in [0.1, 0.15) is 11.6 Å². The van der Waals surface area contributed by atoms with E-state index >= 15 is 0 Å². The number of benzene rings is 1. The second-order valence-electron chi connectivity index (χ2n) is 9.00. The van der Waals surface area contributed by atoms with Crippen molar-refractivity contribution in [2.45, 2.75) is 59.5 Å². The van der Waals surface area contributed by atoms with Gasteiger partial charge in [-0.1, -0.05) is 46.1 Å². The fraction of sp³-hybridized carbons (Fsp3) is 0.448. The monoisotopic (exact) mass is 512 g/mol. The molecule has 0 radical (unpaired) electrons. The van der Waals surface area contributed by atoms with Crippen LogP contribution in [0, 0.1) is 19.7 Å². The van der Waals surface area contributed by atoms with Crippen LogP contribution in [-0.2, 0) is 7.05 Å². The molecule has 2 N–H and O–H groups in total. The van der Waals surface area contributed by atoms with Gasteiger partial charge in [0.15, 0.2) is 0 Å². The van der Waals surface area contributed by atoms with Crippen molar-refractivity contribution >= 4 is 30.0 Å². The van der Waals surface area contributed by atoms with Crippen molar-refractivity contribution in [1.82, 2.24) is 14.9 Å². The highest BCUT2D eigenvalue weighted by Crippen LogP contribution is 2.39. The summed E-state index contributed by atoms with van der Waals surface area (Å²) in [5.74, 6) is 0.0749. The number of pyridine rings is 1. The van der Waals surface area contributed by atoms with E-state index in [0.717, 1.165) is 12.0 Å². The van der Waals surface area contributed by atoms with Crippen molar-refractivity contribution in [2.75, 3.05) is 30.9 Å². The standard InChI is InChI=1S/C22H26FN5O.C5H13N.C2H6/c1-7-15-20(28(8-2)19-12-18(19)26-24-5)14(4)22(29)27(6)21(15)25-17-10-9-13(3)11-16(17)23;1-4-5-6(2)3;1-2/h7-11,18-19,25-26H,1-2,5,12H2,3-4,6H3;4-5H2,1-3H3;1-2H3. The molecule has 2 unspecified atom stereocenters. The predicted molar refractivity (Wildman–Crippen MR) is 159 cm³/mol. The third-order valence-electron chi connectivity index (χ3n) is 5.90. The number of hydrogen-bond donors (Lipinski definition) is 2. The summed E-state index contributed by atoms with van der Waals surface area (Å²) in [6, 6.07) is 5.13. The van der Waals surface area contributed by atoms with Crippen molar-refractivity contribution in [2.24, 2.45) is 12.1 Å². The molecule has 1 saturated carbocycles. The lowest BCUT2D eigenvalue weighted by atomic mass is 10.1. The van der Waals surface area contributed by atoms with Gasteiger partial charge < -0.3 is 20.5 Å². The summed E-state index contributed by atoms with van der Waals surface area (Å²) in [7, 11) is 5.83. The van der Waals surface area contributed by atoms with E-state index in [0.29, 0.717) is 22.6 Å². The maximum absolute atomic E-state index is 14.5. The average molecular weight is 513 g/mol. The predicted octanol–water partition coefficient (Wildman–Crippen LogP) is 5.81. The van der Waals surface area contributed by atoms with Gasteiger partial charge in [0, 0.05) is 24.9 Å². The molecule has 1 aliphatic rings. The van der Waals surface area contributed by atoms with Crippen LogP contribution in [0.2, 0.25) is 0 Å². The van der Waals surface area contributed by atoms with Crippen LogP contribution >= 0.6 is 0 Å². The topological polar surface area (TPSA) is 64.9 Å². The lowest BCUT2D eigenvalue weighted by molar-refractivity contribution is 0.408. The molecule has 1 heterocycles. The van der Waals surface area contributed by atoms with E-state index in [4.69, 9.17) is 0 Å². The first kappa shape index (κ1) is 31.6. The second kappa shape index (κ2) is 15.0.